The van der Waals surface area contributed by atoms with E-state index in [0.29, 0.717) is 69.2 Å². The number of aliphatic imine (C=N–C) groups is 1. The molecule has 22 N–H and O–H groups in total. The van der Waals surface area contributed by atoms with Gasteiger partial charge in [-0.3, -0.25) is 67.3 Å². The predicted molar refractivity (Wildman–Crippen MR) is 357 cm³/mol. The van der Waals surface area contributed by atoms with Crippen LogP contribution in [0.15, 0.2) is 35.3 Å². The Labute approximate surface area is 560 Å². The molecule has 0 aromatic heterocycles. The third kappa shape index (κ3) is 28.0. The Kier molecular flexibility index (Phi) is 34.8. The molecule has 32 heteroatoms. The topological polar surface area (TPSA) is 519 Å². The lowest BCUT2D eigenvalue weighted by molar-refractivity contribution is -0.144. The molecule has 2 aliphatic heterocycles. The molecule has 31 nitrogen and oxygen atoms in total. The number of benzene rings is 1. The molecule has 13 amide bonds. The third-order valence-corrected chi connectivity index (χ3v) is 17.7. The minimum Gasteiger partial charge on any atom is -0.370 e. The molecular formula is C63H104N18O13S. The highest BCUT2D eigenvalue weighted by atomic mass is 32.2. The van der Waals surface area contributed by atoms with Crippen LogP contribution in [0, 0.1) is 11.8 Å². The second kappa shape index (κ2) is 41.6. The maximum absolute atomic E-state index is 14.7. The Hall–Kier alpha value is -8.13. The van der Waals surface area contributed by atoms with Crippen LogP contribution in [-0.2, 0) is 68.7 Å². The largest absolute Gasteiger partial charge is 0.370 e. The predicted octanol–water partition coefficient (Wildman–Crippen LogP) is -2.98. The van der Waals surface area contributed by atoms with E-state index in [1.807, 2.05) is 20.1 Å². The minimum absolute atomic E-state index is 0.0750. The number of nitrogens with zero attached hydrogens (tertiary/aromatic N) is 3. The lowest BCUT2D eigenvalue weighted by atomic mass is 9.84. The standard InChI is InChI=1S/C63H104N18O13S/c1-37(2)33-45(57(89)74-41(53(68)85)27-32-95-3)73-52(84)36-72-54(86)46(34-38-15-6-4-7-16-38)78-58(90)47(35-39-17-8-5-9-18-39)79-56(88)42(23-25-50(66)82)75-55(87)43(24-26-51(67)83)76-59(91)49-22-14-31-81(49)62(94)44(20-10-11-28-64)77-60(92)48-21-13-30-80(48)61(93)40(65)19-12-29-71-63(69)70/h4,6-7,15-16,37,39-49H,5,8-14,17-36,64-65H2,1-3H3,(H2,66,82)(H2,67,83)(H2,68,85)(H,72,86)(H,73,84)(H,74,89)(H,75,87)(H,76,91)(H,77,92)(H,78,90)(H,79,88)(H4,69,70,71)/t40-,41-,42-,43-,44-,45-,46-,47-,48-,49-/m0/s1. The van der Waals surface area contributed by atoms with E-state index < -0.39 is 163 Å². The third-order valence-electron chi connectivity index (χ3n) is 17.0. The Balaban J connectivity index is 1.56. The van der Waals surface area contributed by atoms with Crippen molar-refractivity contribution in [2.24, 2.45) is 57.0 Å². The summed E-state index contributed by atoms with van der Waals surface area (Å²) in [7, 11) is 0. The van der Waals surface area contributed by atoms with Gasteiger partial charge in [0.2, 0.25) is 76.8 Å². The minimum atomic E-state index is -1.59. The number of thioether (sulfide) groups is 1. The SMILES string of the molecule is CSCC[C@H](NC(=O)[C@H](CC(C)C)NC(=O)CNC(=O)[C@H](Cc1ccccc1)NC(=O)[C@H](CC1CCCCC1)NC(=O)[C@H](CCC(N)=O)NC(=O)[C@H](CCC(N)=O)NC(=O)[C@@H]1CCCN1C(=O)[C@H](CCCCN)NC(=O)[C@@H]1CCCN1C(=O)[C@@H](N)CCCN=C(N)N)C(N)=O. The summed E-state index contributed by atoms with van der Waals surface area (Å²) in [5.41, 5.74) is 40.2. The van der Waals surface area contributed by atoms with Crippen molar-refractivity contribution in [2.75, 3.05) is 44.7 Å². The van der Waals surface area contributed by atoms with E-state index in [1.54, 1.807) is 30.3 Å². The number of carbonyl (C=O) groups is 13. The van der Waals surface area contributed by atoms with Crippen molar-refractivity contribution >= 4 is 94.5 Å². The molecule has 530 valence electrons. The summed E-state index contributed by atoms with van der Waals surface area (Å²) in [6, 6.07) is -3.47. The van der Waals surface area contributed by atoms with Crippen molar-refractivity contribution in [3.8, 4) is 0 Å². The summed E-state index contributed by atoms with van der Waals surface area (Å²) < 4.78 is 0. The van der Waals surface area contributed by atoms with Crippen LogP contribution in [-0.4, -0.2) is 198 Å². The molecule has 1 saturated carbocycles. The van der Waals surface area contributed by atoms with E-state index in [0.717, 1.165) is 19.3 Å². The molecule has 95 heavy (non-hydrogen) atoms. The van der Waals surface area contributed by atoms with E-state index in [-0.39, 0.29) is 88.8 Å². The molecule has 2 saturated heterocycles. The molecule has 0 bridgehead atoms. The summed E-state index contributed by atoms with van der Waals surface area (Å²) >= 11 is 1.46. The Morgan fingerprint density at radius 1 is 0.558 bits per heavy atom. The van der Waals surface area contributed by atoms with Crippen LogP contribution in [0.2, 0.25) is 0 Å². The molecule has 4 rings (SSSR count). The van der Waals surface area contributed by atoms with Crippen molar-refractivity contribution in [1.29, 1.82) is 0 Å². The Morgan fingerprint density at radius 2 is 1.09 bits per heavy atom. The monoisotopic (exact) mass is 1350 g/mol. The van der Waals surface area contributed by atoms with Gasteiger partial charge in [-0.15, -0.1) is 0 Å². The quantitative estimate of drug-likeness (QED) is 0.0176. The first-order valence-electron chi connectivity index (χ1n) is 33.1. The van der Waals surface area contributed by atoms with Gasteiger partial charge in [0.05, 0.1) is 12.6 Å². The average Bonchev–Trinajstić information content (AvgIpc) is 1.74. The van der Waals surface area contributed by atoms with E-state index in [2.05, 4.69) is 47.5 Å². The summed E-state index contributed by atoms with van der Waals surface area (Å²) in [6.45, 7) is 3.94. The fourth-order valence-corrected chi connectivity index (χ4v) is 12.4. The van der Waals surface area contributed by atoms with Crippen LogP contribution in [0.1, 0.15) is 154 Å². The number of unbranched alkanes of at least 4 members (excludes halogenated alkanes) is 1. The lowest BCUT2D eigenvalue weighted by Gasteiger charge is -2.32. The van der Waals surface area contributed by atoms with Crippen LogP contribution in [0.4, 0.5) is 0 Å². The van der Waals surface area contributed by atoms with Crippen LogP contribution in [0.5, 0.6) is 0 Å². The van der Waals surface area contributed by atoms with Crippen LogP contribution in [0.25, 0.3) is 0 Å². The van der Waals surface area contributed by atoms with Crippen molar-refractivity contribution < 1.29 is 62.3 Å². The molecule has 1 aliphatic carbocycles. The fraction of sp³-hybridized carbons (Fsp3) is 0.683. The smallest absolute Gasteiger partial charge is 0.245 e. The summed E-state index contributed by atoms with van der Waals surface area (Å²) in [5, 5.41) is 21.4. The number of primary amides is 3. The molecule has 3 aliphatic rings. The number of hydrogen-bond donors (Lipinski definition) is 15. The number of likely N-dealkylation sites (tertiary alicyclic amines) is 2. The molecule has 0 spiro atoms. The highest BCUT2D eigenvalue weighted by Gasteiger charge is 2.42. The number of nitrogens with one attached hydrogen (secondary N) is 8. The van der Waals surface area contributed by atoms with Gasteiger partial charge in [-0.1, -0.05) is 76.3 Å². The van der Waals surface area contributed by atoms with Crippen LogP contribution >= 0.6 is 11.8 Å². The van der Waals surface area contributed by atoms with Gasteiger partial charge >= 0.3 is 0 Å². The first-order chi connectivity index (χ1) is 45.2. The van der Waals surface area contributed by atoms with Crippen LogP contribution < -0.4 is 82.7 Å². The fourth-order valence-electron chi connectivity index (χ4n) is 12.0. The average molecular weight is 1350 g/mol. The van der Waals surface area contributed by atoms with Gasteiger partial charge in [0.15, 0.2) is 5.96 Å². The highest BCUT2D eigenvalue weighted by Crippen LogP contribution is 2.28. The number of carbonyl (C=O) groups excluding carboxylic acids is 13. The van der Waals surface area contributed by atoms with Gasteiger partial charge in [-0.25, -0.2) is 0 Å². The van der Waals surface area contributed by atoms with Crippen molar-refractivity contribution in [2.45, 2.75) is 216 Å². The molecule has 2 heterocycles. The Bertz CT molecular complexity index is 2790. The maximum Gasteiger partial charge on any atom is 0.245 e. The zero-order valence-electron chi connectivity index (χ0n) is 55.2. The summed E-state index contributed by atoms with van der Waals surface area (Å²) in [5.74, 6) is -9.48. The van der Waals surface area contributed by atoms with Gasteiger partial charge in [-0.2, -0.15) is 11.8 Å². The number of nitrogens with two attached hydrogens (primary N) is 7. The number of guanidine groups is 1. The first-order valence-corrected chi connectivity index (χ1v) is 34.5. The maximum atomic E-state index is 14.7. The van der Waals surface area contributed by atoms with Crippen LogP contribution in [0.3, 0.4) is 0 Å². The van der Waals surface area contributed by atoms with Gasteiger partial charge in [-0.05, 0) is 126 Å². The Morgan fingerprint density at radius 3 is 1.65 bits per heavy atom. The number of hydrogen-bond acceptors (Lipinski definition) is 17. The van der Waals surface area contributed by atoms with E-state index >= 15 is 0 Å². The second-order valence-corrected chi connectivity index (χ2v) is 26.2. The van der Waals surface area contributed by atoms with Crippen molar-refractivity contribution in [1.82, 2.24) is 52.3 Å². The normalized spacial score (nSPS) is 18.0. The van der Waals surface area contributed by atoms with E-state index in [1.165, 1.54) is 21.6 Å². The zero-order valence-corrected chi connectivity index (χ0v) is 56.0. The summed E-state index contributed by atoms with van der Waals surface area (Å²) in [4.78, 5) is 185. The van der Waals surface area contributed by atoms with Gasteiger partial charge < -0.3 is 92.5 Å². The molecule has 10 atom stereocenters. The van der Waals surface area contributed by atoms with Gasteiger partial charge in [0, 0.05) is 38.9 Å². The lowest BCUT2D eigenvalue weighted by Crippen LogP contribution is -2.60. The molecule has 0 unspecified atom stereocenters. The molecule has 1 aromatic rings. The van der Waals surface area contributed by atoms with Crippen molar-refractivity contribution in [3.63, 3.8) is 0 Å². The van der Waals surface area contributed by atoms with E-state index in [9.17, 15) is 62.3 Å². The molecular weight excluding hydrogens is 1250 g/mol. The molecule has 1 aromatic carbocycles. The first kappa shape index (κ1) is 79.3. The highest BCUT2D eigenvalue weighted by molar-refractivity contribution is 7.98. The molecule has 0 radical (unpaired) electrons. The second-order valence-electron chi connectivity index (χ2n) is 25.2. The zero-order chi connectivity index (χ0) is 70.1. The molecule has 3 fully saturated rings. The van der Waals surface area contributed by atoms with E-state index in [4.69, 9.17) is 40.1 Å². The number of amides is 13. The summed E-state index contributed by atoms with van der Waals surface area (Å²) in [6.07, 6.45) is 7.70. The number of rotatable bonds is 42. The van der Waals surface area contributed by atoms with Gasteiger partial charge in [0.1, 0.15) is 54.4 Å². The van der Waals surface area contributed by atoms with Gasteiger partial charge in [0.25, 0.3) is 0 Å². The van der Waals surface area contributed by atoms with Crippen molar-refractivity contribution in [3.05, 3.63) is 35.9 Å².